The Morgan fingerprint density at radius 2 is 2.10 bits per heavy atom. The van der Waals surface area contributed by atoms with Crippen molar-refractivity contribution in [2.75, 3.05) is 13.1 Å². The molecule has 5 heteroatoms. The molecule has 1 unspecified atom stereocenters. The van der Waals surface area contributed by atoms with Crippen LogP contribution in [-0.4, -0.2) is 35.0 Å². The first-order valence-electron chi connectivity index (χ1n) is 6.87. The molecule has 1 aliphatic heterocycles. The minimum absolute atomic E-state index is 0.179. The minimum Gasteiger partial charge on any atom is -0.481 e. The molecule has 1 heterocycles. The highest BCUT2D eigenvalue weighted by Gasteiger charge is 2.38. The molecule has 0 aromatic heterocycles. The molecule has 2 rings (SSSR count). The monoisotopic (exact) mass is 307 g/mol. The molecule has 0 spiro atoms. The molecule has 1 aromatic rings. The van der Waals surface area contributed by atoms with E-state index in [1.807, 2.05) is 18.2 Å². The number of carboxylic acids is 1. The zero-order chi connectivity index (χ0) is 15.5. The molecule has 1 amide bonds. The zero-order valence-corrected chi connectivity index (χ0v) is 12.6. The van der Waals surface area contributed by atoms with E-state index in [0.717, 1.165) is 5.56 Å². The normalized spacial score (nSPS) is 22.5. The van der Waals surface area contributed by atoms with Crippen LogP contribution in [0, 0.1) is 5.41 Å². The van der Waals surface area contributed by atoms with Crippen LogP contribution in [0.4, 0.5) is 0 Å². The van der Waals surface area contributed by atoms with Crippen molar-refractivity contribution < 1.29 is 14.7 Å². The van der Waals surface area contributed by atoms with E-state index in [2.05, 4.69) is 0 Å². The van der Waals surface area contributed by atoms with Gasteiger partial charge in [-0.05, 0) is 37.5 Å². The van der Waals surface area contributed by atoms with Crippen molar-refractivity contribution in [3.8, 4) is 0 Å². The molecule has 1 aliphatic rings. The van der Waals surface area contributed by atoms with Gasteiger partial charge in [-0.1, -0.05) is 29.8 Å². The molecule has 1 N–H and O–H groups in total. The van der Waals surface area contributed by atoms with Crippen molar-refractivity contribution in [1.82, 2.24) is 4.90 Å². The van der Waals surface area contributed by atoms with Crippen LogP contribution in [0.2, 0.25) is 5.02 Å². The molecular weight excluding hydrogens is 290 g/mol. The summed E-state index contributed by atoms with van der Waals surface area (Å²) in [5.74, 6) is -1.03. The molecule has 0 aliphatic carbocycles. The summed E-state index contributed by atoms with van der Waals surface area (Å²) < 4.78 is 0. The lowest BCUT2D eigenvalue weighted by atomic mass is 9.82. The number of benzene rings is 1. The maximum Gasteiger partial charge on any atom is 0.311 e. The average molecular weight is 308 g/mol. The van der Waals surface area contributed by atoms with Crippen LogP contribution in [-0.2, 0) is 9.59 Å². The van der Waals surface area contributed by atoms with Crippen molar-refractivity contribution in [3.63, 3.8) is 0 Å². The van der Waals surface area contributed by atoms with Gasteiger partial charge in [0.1, 0.15) is 0 Å². The average Bonchev–Trinajstić information content (AvgIpc) is 2.46. The van der Waals surface area contributed by atoms with E-state index in [1.54, 1.807) is 24.0 Å². The topological polar surface area (TPSA) is 57.6 Å². The first-order chi connectivity index (χ1) is 9.92. The second kappa shape index (κ2) is 6.31. The summed E-state index contributed by atoms with van der Waals surface area (Å²) in [4.78, 5) is 25.1. The molecular formula is C16H18ClNO3. The Labute approximate surface area is 129 Å². The third-order valence-electron chi connectivity index (χ3n) is 3.84. The highest BCUT2D eigenvalue weighted by Crippen LogP contribution is 2.29. The number of carbonyl (C=O) groups is 2. The van der Waals surface area contributed by atoms with Gasteiger partial charge in [0.05, 0.1) is 5.41 Å². The Hall–Kier alpha value is -1.81. The lowest BCUT2D eigenvalue weighted by Crippen LogP contribution is -2.47. The highest BCUT2D eigenvalue weighted by atomic mass is 35.5. The lowest BCUT2D eigenvalue weighted by molar-refractivity contribution is -0.152. The van der Waals surface area contributed by atoms with Gasteiger partial charge in [-0.15, -0.1) is 0 Å². The Kier molecular flexibility index (Phi) is 4.68. The number of carbonyl (C=O) groups excluding carboxylic acids is 1. The number of nitrogens with zero attached hydrogens (tertiary/aromatic N) is 1. The maximum absolute atomic E-state index is 12.2. The van der Waals surface area contributed by atoms with Gasteiger partial charge < -0.3 is 10.0 Å². The second-order valence-electron chi connectivity index (χ2n) is 5.58. The Balaban J connectivity index is 2.07. The van der Waals surface area contributed by atoms with E-state index in [0.29, 0.717) is 24.4 Å². The first-order valence-corrected chi connectivity index (χ1v) is 7.25. The van der Waals surface area contributed by atoms with Crippen molar-refractivity contribution in [2.45, 2.75) is 19.8 Å². The first kappa shape index (κ1) is 15.6. The third-order valence-corrected chi connectivity index (χ3v) is 4.18. The van der Waals surface area contributed by atoms with Gasteiger partial charge in [-0.2, -0.15) is 0 Å². The molecule has 1 atom stereocenters. The summed E-state index contributed by atoms with van der Waals surface area (Å²) in [7, 11) is 0. The molecule has 0 bridgehead atoms. The van der Waals surface area contributed by atoms with Crippen LogP contribution in [0.15, 0.2) is 30.3 Å². The quantitative estimate of drug-likeness (QED) is 0.873. The summed E-state index contributed by atoms with van der Waals surface area (Å²) in [5, 5.41) is 9.85. The number of halogens is 1. The predicted octanol–water partition coefficient (Wildman–Crippen LogP) is 3.07. The number of carboxylic acid groups (broad SMARTS) is 1. The number of aliphatic carboxylic acids is 1. The van der Waals surface area contributed by atoms with Crippen molar-refractivity contribution in [3.05, 3.63) is 40.9 Å². The summed E-state index contributed by atoms with van der Waals surface area (Å²) >= 11 is 6.03. The van der Waals surface area contributed by atoms with Gasteiger partial charge in [-0.25, -0.2) is 0 Å². The van der Waals surface area contributed by atoms with E-state index in [1.165, 1.54) is 6.08 Å². The van der Waals surface area contributed by atoms with Gasteiger partial charge in [0.15, 0.2) is 0 Å². The van der Waals surface area contributed by atoms with Crippen LogP contribution in [0.25, 0.3) is 6.08 Å². The second-order valence-corrected chi connectivity index (χ2v) is 5.99. The number of likely N-dealkylation sites (tertiary alicyclic amines) is 1. The van der Waals surface area contributed by atoms with Crippen LogP contribution in [0.5, 0.6) is 0 Å². The van der Waals surface area contributed by atoms with E-state index in [9.17, 15) is 14.7 Å². The summed E-state index contributed by atoms with van der Waals surface area (Å²) in [5.41, 5.74) is -0.0860. The number of amides is 1. The fraction of sp³-hybridized carbons (Fsp3) is 0.375. The SMILES string of the molecule is CC1(C(=O)O)CCCN(C(=O)C=Cc2ccccc2Cl)C1. The van der Waals surface area contributed by atoms with Crippen LogP contribution in [0.1, 0.15) is 25.3 Å². The Morgan fingerprint density at radius 1 is 1.38 bits per heavy atom. The van der Waals surface area contributed by atoms with Crippen LogP contribution < -0.4 is 0 Å². The van der Waals surface area contributed by atoms with E-state index in [4.69, 9.17) is 11.6 Å². The molecule has 21 heavy (non-hydrogen) atoms. The van der Waals surface area contributed by atoms with Crippen molar-refractivity contribution in [1.29, 1.82) is 0 Å². The molecule has 1 fully saturated rings. The van der Waals surface area contributed by atoms with Gasteiger partial charge in [0.25, 0.3) is 0 Å². The number of piperidine rings is 1. The number of rotatable bonds is 3. The highest BCUT2D eigenvalue weighted by molar-refractivity contribution is 6.32. The number of hydrogen-bond donors (Lipinski definition) is 1. The molecule has 4 nitrogen and oxygen atoms in total. The van der Waals surface area contributed by atoms with Gasteiger partial charge in [0.2, 0.25) is 5.91 Å². The lowest BCUT2D eigenvalue weighted by Gasteiger charge is -2.37. The summed E-state index contributed by atoms with van der Waals surface area (Å²) in [6, 6.07) is 7.25. The molecule has 1 saturated heterocycles. The van der Waals surface area contributed by atoms with Crippen molar-refractivity contribution >= 4 is 29.6 Å². The fourth-order valence-corrected chi connectivity index (χ4v) is 2.68. The van der Waals surface area contributed by atoms with E-state index in [-0.39, 0.29) is 12.5 Å². The fourth-order valence-electron chi connectivity index (χ4n) is 2.48. The van der Waals surface area contributed by atoms with Crippen LogP contribution >= 0.6 is 11.6 Å². The Morgan fingerprint density at radius 3 is 2.76 bits per heavy atom. The minimum atomic E-state index is -0.855. The molecule has 112 valence electrons. The van der Waals surface area contributed by atoms with Gasteiger partial charge in [0, 0.05) is 24.2 Å². The number of hydrogen-bond acceptors (Lipinski definition) is 2. The van der Waals surface area contributed by atoms with Crippen LogP contribution in [0.3, 0.4) is 0 Å². The zero-order valence-electron chi connectivity index (χ0n) is 11.9. The largest absolute Gasteiger partial charge is 0.481 e. The Bertz CT molecular complexity index is 585. The standard InChI is InChI=1S/C16H18ClNO3/c1-16(15(20)21)9-4-10-18(11-16)14(19)8-7-12-5-2-3-6-13(12)17/h2-3,5-8H,4,9-11H2,1H3,(H,20,21). The summed E-state index contributed by atoms with van der Waals surface area (Å²) in [6.07, 6.45) is 4.42. The van der Waals surface area contributed by atoms with Crippen molar-refractivity contribution in [2.24, 2.45) is 5.41 Å². The van der Waals surface area contributed by atoms with E-state index >= 15 is 0 Å². The predicted molar refractivity (Wildman–Crippen MR) is 82.0 cm³/mol. The molecule has 0 radical (unpaired) electrons. The third kappa shape index (κ3) is 3.64. The van der Waals surface area contributed by atoms with Gasteiger partial charge >= 0.3 is 5.97 Å². The smallest absolute Gasteiger partial charge is 0.311 e. The maximum atomic E-state index is 12.2. The molecule has 0 saturated carbocycles. The van der Waals surface area contributed by atoms with Gasteiger partial charge in [-0.3, -0.25) is 9.59 Å². The molecule has 1 aromatic carbocycles. The summed E-state index contributed by atoms with van der Waals surface area (Å²) in [6.45, 7) is 2.52. The van der Waals surface area contributed by atoms with E-state index < -0.39 is 11.4 Å².